The maximum Gasteiger partial charge on any atom is 0.214 e. The van der Waals surface area contributed by atoms with Gasteiger partial charge in [0, 0.05) is 23.3 Å². The number of pyridine rings is 1. The fourth-order valence-electron chi connectivity index (χ4n) is 2.20. The molecular formula is C14H9N2O+. The first kappa shape index (κ1) is 9.73. The van der Waals surface area contributed by atoms with E-state index in [4.69, 9.17) is 5.26 Å². The topological polar surface area (TPSA) is 44.7 Å². The second-order valence-corrected chi connectivity index (χ2v) is 4.07. The van der Waals surface area contributed by atoms with E-state index < -0.39 is 0 Å². The molecule has 1 aromatic carbocycles. The van der Waals surface area contributed by atoms with E-state index >= 15 is 0 Å². The zero-order valence-corrected chi connectivity index (χ0v) is 9.05. The highest BCUT2D eigenvalue weighted by Gasteiger charge is 2.26. The molecule has 0 spiro atoms. The van der Waals surface area contributed by atoms with Crippen LogP contribution < -0.4 is 4.57 Å². The fourth-order valence-corrected chi connectivity index (χ4v) is 2.20. The first-order valence-electron chi connectivity index (χ1n) is 5.34. The Hall–Kier alpha value is -2.47. The number of carbonyl (C=O) groups excluding carboxylic acids is 1. The number of aromatic nitrogens is 1. The van der Waals surface area contributed by atoms with Crippen LogP contribution in [-0.4, -0.2) is 6.29 Å². The van der Waals surface area contributed by atoms with Gasteiger partial charge in [0.2, 0.25) is 5.69 Å². The number of rotatable bonds is 1. The third kappa shape index (κ3) is 1.42. The van der Waals surface area contributed by atoms with Gasteiger partial charge < -0.3 is 0 Å². The minimum atomic E-state index is 0.639. The Balaban J connectivity index is 2.24. The molecule has 2 aromatic rings. The van der Waals surface area contributed by atoms with Crippen LogP contribution in [0.3, 0.4) is 0 Å². The average molecular weight is 221 g/mol. The van der Waals surface area contributed by atoms with Gasteiger partial charge in [-0.25, -0.2) is 0 Å². The predicted octanol–water partition coefficient (Wildman–Crippen LogP) is 1.69. The van der Waals surface area contributed by atoms with Crippen molar-refractivity contribution in [3.05, 3.63) is 53.2 Å². The Bertz CT molecular complexity index is 668. The molecule has 0 N–H and O–H groups in total. The summed E-state index contributed by atoms with van der Waals surface area (Å²) in [7, 11) is 0. The molecule has 0 amide bonds. The van der Waals surface area contributed by atoms with E-state index in [1.165, 1.54) is 5.56 Å². The smallest absolute Gasteiger partial charge is 0.214 e. The van der Waals surface area contributed by atoms with Crippen LogP contribution in [0.4, 0.5) is 0 Å². The van der Waals surface area contributed by atoms with Crippen LogP contribution in [0.2, 0.25) is 0 Å². The van der Waals surface area contributed by atoms with Crippen molar-refractivity contribution in [3.8, 4) is 17.3 Å². The Morgan fingerprint density at radius 3 is 2.94 bits per heavy atom. The molecule has 1 aromatic heterocycles. The van der Waals surface area contributed by atoms with Crippen molar-refractivity contribution in [1.82, 2.24) is 0 Å². The molecule has 0 unspecified atom stereocenters. The van der Waals surface area contributed by atoms with Gasteiger partial charge in [0.05, 0.1) is 17.2 Å². The maximum absolute atomic E-state index is 10.8. The first-order valence-corrected chi connectivity index (χ1v) is 5.34. The van der Waals surface area contributed by atoms with Gasteiger partial charge in [-0.05, 0) is 6.07 Å². The molecule has 3 rings (SSSR count). The molecule has 17 heavy (non-hydrogen) atoms. The first-order chi connectivity index (χ1) is 8.31. The van der Waals surface area contributed by atoms with E-state index in [-0.39, 0.29) is 0 Å². The second-order valence-electron chi connectivity index (χ2n) is 4.07. The number of nitrogens with zero attached hydrogens (tertiary/aromatic N) is 2. The predicted molar refractivity (Wildman–Crippen MR) is 61.3 cm³/mol. The SMILES string of the molecule is N#Cc1cc[n+]2c(c1)-c1cc(C=O)ccc1C2. The van der Waals surface area contributed by atoms with Crippen LogP contribution in [0.5, 0.6) is 0 Å². The number of benzene rings is 1. The van der Waals surface area contributed by atoms with E-state index in [9.17, 15) is 4.79 Å². The summed E-state index contributed by atoms with van der Waals surface area (Å²) in [5.74, 6) is 0. The van der Waals surface area contributed by atoms with Crippen LogP contribution in [-0.2, 0) is 6.54 Å². The van der Waals surface area contributed by atoms with Gasteiger partial charge in [-0.3, -0.25) is 4.79 Å². The molecule has 0 atom stereocenters. The molecule has 2 heterocycles. The molecular weight excluding hydrogens is 212 g/mol. The molecule has 3 nitrogen and oxygen atoms in total. The van der Waals surface area contributed by atoms with E-state index in [1.54, 1.807) is 6.07 Å². The van der Waals surface area contributed by atoms with Gasteiger partial charge in [-0.15, -0.1) is 0 Å². The molecule has 0 saturated carbocycles. The van der Waals surface area contributed by atoms with E-state index in [2.05, 4.69) is 10.6 Å². The summed E-state index contributed by atoms with van der Waals surface area (Å²) in [6, 6.07) is 11.5. The van der Waals surface area contributed by atoms with Crippen LogP contribution in [0.1, 0.15) is 21.5 Å². The lowest BCUT2D eigenvalue weighted by molar-refractivity contribution is -0.672. The number of nitriles is 1. The van der Waals surface area contributed by atoms with Crippen molar-refractivity contribution in [2.75, 3.05) is 0 Å². The number of fused-ring (bicyclic) bond motifs is 3. The normalized spacial score (nSPS) is 11.5. The van der Waals surface area contributed by atoms with Gasteiger partial charge in [-0.1, -0.05) is 12.1 Å². The third-order valence-electron chi connectivity index (χ3n) is 3.05. The Morgan fingerprint density at radius 2 is 2.18 bits per heavy atom. The van der Waals surface area contributed by atoms with Crippen LogP contribution in [0.25, 0.3) is 11.3 Å². The van der Waals surface area contributed by atoms with E-state index in [0.29, 0.717) is 11.1 Å². The molecule has 0 radical (unpaired) electrons. The molecule has 0 bridgehead atoms. The van der Waals surface area contributed by atoms with E-state index in [1.807, 2.05) is 30.5 Å². The zero-order chi connectivity index (χ0) is 11.8. The second kappa shape index (κ2) is 3.53. The monoisotopic (exact) mass is 221 g/mol. The Labute approximate surface area is 98.6 Å². The highest BCUT2D eigenvalue weighted by molar-refractivity contribution is 5.79. The lowest BCUT2D eigenvalue weighted by Gasteiger charge is -1.95. The van der Waals surface area contributed by atoms with Crippen molar-refractivity contribution in [3.63, 3.8) is 0 Å². The molecule has 0 saturated heterocycles. The van der Waals surface area contributed by atoms with Crippen molar-refractivity contribution in [1.29, 1.82) is 5.26 Å². The quantitative estimate of drug-likeness (QED) is 0.463. The molecule has 80 valence electrons. The molecule has 1 aliphatic rings. The summed E-state index contributed by atoms with van der Waals surface area (Å²) in [6.07, 6.45) is 2.76. The van der Waals surface area contributed by atoms with Gasteiger partial charge in [0.15, 0.2) is 12.7 Å². The molecule has 0 fully saturated rings. The van der Waals surface area contributed by atoms with Crippen LogP contribution in [0.15, 0.2) is 36.5 Å². The van der Waals surface area contributed by atoms with Crippen molar-refractivity contribution >= 4 is 6.29 Å². The van der Waals surface area contributed by atoms with Gasteiger partial charge in [-0.2, -0.15) is 9.83 Å². The minimum Gasteiger partial charge on any atom is -0.298 e. The summed E-state index contributed by atoms with van der Waals surface area (Å²) in [6.45, 7) is 0.801. The van der Waals surface area contributed by atoms with Crippen molar-refractivity contribution in [2.45, 2.75) is 6.54 Å². The largest absolute Gasteiger partial charge is 0.298 e. The summed E-state index contributed by atoms with van der Waals surface area (Å²) in [5, 5.41) is 8.90. The Kier molecular flexibility index (Phi) is 2.02. The van der Waals surface area contributed by atoms with Crippen LogP contribution in [0, 0.1) is 11.3 Å². The molecule has 1 aliphatic heterocycles. The van der Waals surface area contributed by atoms with Gasteiger partial charge in [0.25, 0.3) is 0 Å². The van der Waals surface area contributed by atoms with E-state index in [0.717, 1.165) is 24.1 Å². The highest BCUT2D eigenvalue weighted by atomic mass is 16.1. The molecule has 0 aliphatic carbocycles. The van der Waals surface area contributed by atoms with Gasteiger partial charge >= 0.3 is 0 Å². The number of hydrogen-bond acceptors (Lipinski definition) is 2. The lowest BCUT2D eigenvalue weighted by atomic mass is 10.0. The third-order valence-corrected chi connectivity index (χ3v) is 3.05. The fraction of sp³-hybridized carbons (Fsp3) is 0.0714. The highest BCUT2D eigenvalue weighted by Crippen LogP contribution is 2.27. The summed E-state index contributed by atoms with van der Waals surface area (Å²) >= 11 is 0. The van der Waals surface area contributed by atoms with Crippen molar-refractivity contribution in [2.24, 2.45) is 0 Å². The summed E-state index contributed by atoms with van der Waals surface area (Å²) in [5.41, 5.74) is 4.54. The number of hydrogen-bond donors (Lipinski definition) is 0. The lowest BCUT2D eigenvalue weighted by Crippen LogP contribution is -2.31. The summed E-state index contributed by atoms with van der Waals surface area (Å²) < 4.78 is 2.08. The molecule has 3 heteroatoms. The number of aldehydes is 1. The summed E-state index contributed by atoms with van der Waals surface area (Å²) in [4.78, 5) is 10.8. The standard InChI is InChI=1S/C14H9N2O/c15-7-10-3-4-16-8-12-2-1-11(9-17)5-13(12)14(16)6-10/h1-6,9H,8H2/q+1. The Morgan fingerprint density at radius 1 is 1.29 bits per heavy atom. The van der Waals surface area contributed by atoms with Crippen LogP contribution >= 0.6 is 0 Å². The van der Waals surface area contributed by atoms with Crippen molar-refractivity contribution < 1.29 is 9.36 Å². The maximum atomic E-state index is 10.8. The average Bonchev–Trinajstić information content (AvgIpc) is 2.75. The zero-order valence-electron chi connectivity index (χ0n) is 9.05. The number of carbonyl (C=O) groups is 1. The van der Waals surface area contributed by atoms with Gasteiger partial charge in [0.1, 0.15) is 6.29 Å². The minimum absolute atomic E-state index is 0.639.